The zero-order valence-electron chi connectivity index (χ0n) is 14.9. The zero-order chi connectivity index (χ0) is 19.6. The highest BCUT2D eigenvalue weighted by molar-refractivity contribution is 7.89. The first-order valence-electron chi connectivity index (χ1n) is 8.14. The van der Waals surface area contributed by atoms with Gasteiger partial charge in [0.2, 0.25) is 0 Å². The van der Waals surface area contributed by atoms with Crippen molar-refractivity contribution in [3.05, 3.63) is 81.4 Å². The SMILES string of the molecule is Cc1ccc2nc(COC(=O)c3ccc(CS(C)(=O)=O)cc3)cc(=O)n2c1. The number of pyridine rings is 1. The van der Waals surface area contributed by atoms with Crippen LogP contribution >= 0.6 is 0 Å². The second kappa shape index (κ2) is 7.32. The van der Waals surface area contributed by atoms with E-state index in [4.69, 9.17) is 4.74 Å². The average molecular weight is 386 g/mol. The predicted molar refractivity (Wildman–Crippen MR) is 100 cm³/mol. The standard InChI is InChI=1S/C19H18N2O5S/c1-13-3-8-17-20-16(9-18(22)21(17)10-13)11-26-19(23)15-6-4-14(5-7-15)12-27(2,24)25/h3-10H,11-12H2,1-2H3. The van der Waals surface area contributed by atoms with Gasteiger partial charge < -0.3 is 4.74 Å². The molecule has 0 N–H and O–H groups in total. The highest BCUT2D eigenvalue weighted by atomic mass is 32.2. The van der Waals surface area contributed by atoms with Crippen molar-refractivity contribution in [2.45, 2.75) is 19.3 Å². The van der Waals surface area contributed by atoms with Gasteiger partial charge in [-0.3, -0.25) is 9.20 Å². The van der Waals surface area contributed by atoms with Crippen LogP contribution in [0.1, 0.15) is 27.2 Å². The van der Waals surface area contributed by atoms with Crippen LogP contribution in [0.2, 0.25) is 0 Å². The van der Waals surface area contributed by atoms with Crippen LogP contribution in [-0.4, -0.2) is 30.0 Å². The van der Waals surface area contributed by atoms with Gasteiger partial charge in [-0.25, -0.2) is 18.2 Å². The number of esters is 1. The highest BCUT2D eigenvalue weighted by Crippen LogP contribution is 2.10. The summed E-state index contributed by atoms with van der Waals surface area (Å²) in [5.41, 5.74) is 2.40. The monoisotopic (exact) mass is 386 g/mol. The predicted octanol–water partition coefficient (Wildman–Crippen LogP) is 1.90. The quantitative estimate of drug-likeness (QED) is 0.622. The first-order valence-corrected chi connectivity index (χ1v) is 10.2. The fourth-order valence-corrected chi connectivity index (χ4v) is 3.39. The number of sulfone groups is 1. The van der Waals surface area contributed by atoms with Crippen LogP contribution in [0.4, 0.5) is 0 Å². The molecule has 1 aromatic carbocycles. The van der Waals surface area contributed by atoms with Gasteiger partial charge in [-0.05, 0) is 36.2 Å². The Kier molecular flexibility index (Phi) is 5.09. The Balaban J connectivity index is 1.71. The van der Waals surface area contributed by atoms with E-state index in [9.17, 15) is 18.0 Å². The first-order chi connectivity index (χ1) is 12.7. The Labute approximate surface area is 156 Å². The molecule has 0 atom stereocenters. The van der Waals surface area contributed by atoms with Gasteiger partial charge in [0.05, 0.1) is 17.0 Å². The van der Waals surface area contributed by atoms with E-state index in [0.29, 0.717) is 22.5 Å². The van der Waals surface area contributed by atoms with Gasteiger partial charge in [-0.15, -0.1) is 0 Å². The molecular weight excluding hydrogens is 368 g/mol. The molecule has 0 radical (unpaired) electrons. The second-order valence-corrected chi connectivity index (χ2v) is 8.50. The molecular formula is C19H18N2O5S. The first kappa shape index (κ1) is 18.8. The second-order valence-electron chi connectivity index (χ2n) is 6.36. The maximum absolute atomic E-state index is 12.2. The Bertz CT molecular complexity index is 1160. The van der Waals surface area contributed by atoms with Gasteiger partial charge in [0.15, 0.2) is 9.84 Å². The summed E-state index contributed by atoms with van der Waals surface area (Å²) < 4.78 is 29.2. The van der Waals surface area contributed by atoms with Crippen LogP contribution in [-0.2, 0) is 26.9 Å². The van der Waals surface area contributed by atoms with E-state index >= 15 is 0 Å². The minimum absolute atomic E-state index is 0.0905. The number of aryl methyl sites for hydroxylation is 1. The number of fused-ring (bicyclic) bond motifs is 1. The molecule has 27 heavy (non-hydrogen) atoms. The van der Waals surface area contributed by atoms with E-state index in [1.165, 1.54) is 22.6 Å². The normalized spacial score (nSPS) is 11.5. The molecule has 7 nitrogen and oxygen atoms in total. The summed E-state index contributed by atoms with van der Waals surface area (Å²) in [5, 5.41) is 0. The summed E-state index contributed by atoms with van der Waals surface area (Å²) in [7, 11) is -3.14. The molecule has 0 spiro atoms. The van der Waals surface area contributed by atoms with Gasteiger partial charge in [-0.2, -0.15) is 0 Å². The van der Waals surface area contributed by atoms with Crippen molar-refractivity contribution in [1.29, 1.82) is 0 Å². The van der Waals surface area contributed by atoms with Gasteiger partial charge in [-0.1, -0.05) is 18.2 Å². The number of hydrogen-bond acceptors (Lipinski definition) is 6. The molecule has 0 aliphatic heterocycles. The number of ether oxygens (including phenoxy) is 1. The molecule has 0 aliphatic carbocycles. The Morgan fingerprint density at radius 2 is 1.85 bits per heavy atom. The molecule has 0 amide bonds. The summed E-state index contributed by atoms with van der Waals surface area (Å²) >= 11 is 0. The van der Waals surface area contributed by atoms with Crippen molar-refractivity contribution >= 4 is 21.5 Å². The van der Waals surface area contributed by atoms with Crippen LogP contribution in [0.15, 0.2) is 53.5 Å². The number of aromatic nitrogens is 2. The molecule has 8 heteroatoms. The lowest BCUT2D eigenvalue weighted by molar-refractivity contribution is 0.0467. The van der Waals surface area contributed by atoms with E-state index in [2.05, 4.69) is 4.98 Å². The molecule has 0 saturated carbocycles. The van der Waals surface area contributed by atoms with Gasteiger partial charge in [0.1, 0.15) is 12.3 Å². The summed E-state index contributed by atoms with van der Waals surface area (Å²) in [6, 6.07) is 11.1. The molecule has 0 unspecified atom stereocenters. The van der Waals surface area contributed by atoms with Crippen LogP contribution in [0.25, 0.3) is 5.65 Å². The molecule has 3 rings (SSSR count). The third-order valence-corrected chi connectivity index (χ3v) is 4.69. The average Bonchev–Trinajstić information content (AvgIpc) is 2.59. The molecule has 2 heterocycles. The lowest BCUT2D eigenvalue weighted by Gasteiger charge is -2.07. The van der Waals surface area contributed by atoms with Gasteiger partial charge >= 0.3 is 5.97 Å². The van der Waals surface area contributed by atoms with E-state index in [1.807, 2.05) is 13.0 Å². The lowest BCUT2D eigenvalue weighted by Crippen LogP contribution is -2.17. The van der Waals surface area contributed by atoms with E-state index in [-0.39, 0.29) is 17.9 Å². The van der Waals surface area contributed by atoms with Crippen LogP contribution in [0.3, 0.4) is 0 Å². The molecule has 2 aromatic heterocycles. The third kappa shape index (κ3) is 4.79. The fourth-order valence-electron chi connectivity index (χ4n) is 2.59. The van der Waals surface area contributed by atoms with E-state index in [1.54, 1.807) is 24.4 Å². The van der Waals surface area contributed by atoms with Crippen molar-refractivity contribution < 1.29 is 17.9 Å². The number of hydrogen-bond donors (Lipinski definition) is 0. The van der Waals surface area contributed by atoms with Crippen LogP contribution in [0, 0.1) is 6.92 Å². The molecule has 3 aromatic rings. The van der Waals surface area contributed by atoms with Crippen LogP contribution in [0.5, 0.6) is 0 Å². The van der Waals surface area contributed by atoms with E-state index in [0.717, 1.165) is 11.8 Å². The molecule has 0 fully saturated rings. The van der Waals surface area contributed by atoms with Crippen molar-refractivity contribution in [2.24, 2.45) is 0 Å². The van der Waals surface area contributed by atoms with Crippen molar-refractivity contribution in [3.63, 3.8) is 0 Å². The number of carbonyl (C=O) groups is 1. The summed E-state index contributed by atoms with van der Waals surface area (Å²) in [6.07, 6.45) is 2.84. The molecule has 0 bridgehead atoms. The fraction of sp³-hybridized carbons (Fsp3) is 0.211. The zero-order valence-corrected chi connectivity index (χ0v) is 15.7. The van der Waals surface area contributed by atoms with Crippen molar-refractivity contribution in [1.82, 2.24) is 9.38 Å². The molecule has 140 valence electrons. The Hall–Kier alpha value is -3.00. The smallest absolute Gasteiger partial charge is 0.338 e. The Morgan fingerprint density at radius 3 is 2.52 bits per heavy atom. The Morgan fingerprint density at radius 1 is 1.15 bits per heavy atom. The topological polar surface area (TPSA) is 94.8 Å². The number of carbonyl (C=O) groups excluding carboxylic acids is 1. The van der Waals surface area contributed by atoms with Crippen molar-refractivity contribution in [3.8, 4) is 0 Å². The summed E-state index contributed by atoms with van der Waals surface area (Å²) in [6.45, 7) is 1.74. The largest absolute Gasteiger partial charge is 0.456 e. The number of benzene rings is 1. The van der Waals surface area contributed by atoms with Crippen LogP contribution < -0.4 is 5.56 Å². The summed E-state index contributed by atoms with van der Waals surface area (Å²) in [4.78, 5) is 28.6. The van der Waals surface area contributed by atoms with Gasteiger partial charge in [0.25, 0.3) is 5.56 Å². The summed E-state index contributed by atoms with van der Waals surface area (Å²) in [5.74, 6) is -0.668. The third-order valence-electron chi connectivity index (χ3n) is 3.83. The van der Waals surface area contributed by atoms with Crippen molar-refractivity contribution in [2.75, 3.05) is 6.26 Å². The minimum atomic E-state index is -3.14. The number of rotatable bonds is 5. The molecule has 0 saturated heterocycles. The van der Waals surface area contributed by atoms with E-state index < -0.39 is 15.8 Å². The lowest BCUT2D eigenvalue weighted by atomic mass is 10.1. The maximum atomic E-state index is 12.2. The number of nitrogens with zero attached hydrogens (tertiary/aromatic N) is 2. The highest BCUT2D eigenvalue weighted by Gasteiger charge is 2.11. The molecule has 0 aliphatic rings. The maximum Gasteiger partial charge on any atom is 0.338 e. The minimum Gasteiger partial charge on any atom is -0.456 e. The van der Waals surface area contributed by atoms with Gasteiger partial charge in [0, 0.05) is 18.5 Å².